The molecule has 1 saturated heterocycles. The molecule has 1 aliphatic rings. The molecule has 2 aromatic carbocycles. The highest BCUT2D eigenvalue weighted by atomic mass is 16.2. The van der Waals surface area contributed by atoms with E-state index in [0.29, 0.717) is 25.2 Å². The van der Waals surface area contributed by atoms with Crippen LogP contribution in [0.1, 0.15) is 35.7 Å². The van der Waals surface area contributed by atoms with Crippen LogP contribution in [0.5, 0.6) is 0 Å². The third-order valence-corrected chi connectivity index (χ3v) is 5.44. The fraction of sp³-hybridized carbons (Fsp3) is 0.391. The van der Waals surface area contributed by atoms with Crippen molar-refractivity contribution < 1.29 is 9.59 Å². The molecular formula is C23H29N3O2. The van der Waals surface area contributed by atoms with E-state index >= 15 is 0 Å². The number of carbonyl (C=O) groups excluding carboxylic acids is 2. The molecule has 0 aromatic heterocycles. The van der Waals surface area contributed by atoms with E-state index in [1.807, 2.05) is 85.4 Å². The van der Waals surface area contributed by atoms with Crippen molar-refractivity contribution in [3.63, 3.8) is 0 Å². The first-order chi connectivity index (χ1) is 13.4. The van der Waals surface area contributed by atoms with Gasteiger partial charge in [0, 0.05) is 45.0 Å². The van der Waals surface area contributed by atoms with Crippen molar-refractivity contribution in [1.82, 2.24) is 10.2 Å². The molecule has 0 bridgehead atoms. The van der Waals surface area contributed by atoms with Gasteiger partial charge in [-0.25, -0.2) is 0 Å². The summed E-state index contributed by atoms with van der Waals surface area (Å²) in [6, 6.07) is 17.5. The van der Waals surface area contributed by atoms with Crippen molar-refractivity contribution in [3.05, 3.63) is 65.7 Å². The van der Waals surface area contributed by atoms with Crippen LogP contribution in [0.2, 0.25) is 0 Å². The van der Waals surface area contributed by atoms with Gasteiger partial charge in [-0.2, -0.15) is 0 Å². The van der Waals surface area contributed by atoms with Gasteiger partial charge in [-0.1, -0.05) is 36.4 Å². The Labute approximate surface area is 167 Å². The largest absolute Gasteiger partial charge is 0.378 e. The minimum absolute atomic E-state index is 0.00881. The Morgan fingerprint density at radius 3 is 2.57 bits per heavy atom. The first kappa shape index (κ1) is 19.9. The van der Waals surface area contributed by atoms with Crippen molar-refractivity contribution in [2.75, 3.05) is 32.1 Å². The summed E-state index contributed by atoms with van der Waals surface area (Å²) < 4.78 is 0. The summed E-state index contributed by atoms with van der Waals surface area (Å²) in [6.07, 6.45) is 1.61. The second-order valence-electron chi connectivity index (χ2n) is 8.00. The summed E-state index contributed by atoms with van der Waals surface area (Å²) in [7, 11) is 3.91. The Kier molecular flexibility index (Phi) is 6.02. The van der Waals surface area contributed by atoms with E-state index < -0.39 is 5.41 Å². The zero-order valence-corrected chi connectivity index (χ0v) is 16.9. The second kappa shape index (κ2) is 8.46. The number of hydrogen-bond donors (Lipinski definition) is 1. The lowest BCUT2D eigenvalue weighted by Crippen LogP contribution is -2.51. The highest BCUT2D eigenvalue weighted by molar-refractivity contribution is 5.96. The molecule has 5 nitrogen and oxygen atoms in total. The average molecular weight is 380 g/mol. The molecule has 1 atom stereocenters. The molecule has 2 aromatic rings. The molecule has 5 heteroatoms. The average Bonchev–Trinajstić information content (AvgIpc) is 2.72. The van der Waals surface area contributed by atoms with Crippen LogP contribution in [0.25, 0.3) is 0 Å². The number of amides is 2. The Balaban J connectivity index is 1.67. The van der Waals surface area contributed by atoms with Gasteiger partial charge in [-0.3, -0.25) is 9.59 Å². The third kappa shape index (κ3) is 4.53. The molecule has 1 heterocycles. The Hall–Kier alpha value is -2.82. The van der Waals surface area contributed by atoms with Crippen LogP contribution in [0.3, 0.4) is 0 Å². The molecule has 0 unspecified atom stereocenters. The van der Waals surface area contributed by atoms with Crippen LogP contribution in [0.4, 0.5) is 5.69 Å². The van der Waals surface area contributed by atoms with Gasteiger partial charge in [0.05, 0.1) is 5.41 Å². The summed E-state index contributed by atoms with van der Waals surface area (Å²) in [6.45, 7) is 3.60. The lowest BCUT2D eigenvalue weighted by Gasteiger charge is -2.39. The molecule has 28 heavy (non-hydrogen) atoms. The van der Waals surface area contributed by atoms with Crippen LogP contribution in [0, 0.1) is 5.41 Å². The first-order valence-electron chi connectivity index (χ1n) is 9.78. The van der Waals surface area contributed by atoms with Crippen molar-refractivity contribution in [2.24, 2.45) is 5.41 Å². The maximum absolute atomic E-state index is 13.0. The number of rotatable bonds is 5. The van der Waals surface area contributed by atoms with Gasteiger partial charge in [0.25, 0.3) is 5.91 Å². The van der Waals surface area contributed by atoms with Crippen molar-refractivity contribution in [1.29, 1.82) is 0 Å². The van der Waals surface area contributed by atoms with Gasteiger partial charge in [0.1, 0.15) is 0 Å². The molecule has 1 aliphatic heterocycles. The summed E-state index contributed by atoms with van der Waals surface area (Å²) in [5, 5.41) is 3.05. The maximum atomic E-state index is 13.0. The van der Waals surface area contributed by atoms with Gasteiger partial charge in [0.2, 0.25) is 5.91 Å². The van der Waals surface area contributed by atoms with Crippen LogP contribution >= 0.6 is 0 Å². The second-order valence-corrected chi connectivity index (χ2v) is 8.00. The van der Waals surface area contributed by atoms with E-state index in [2.05, 4.69) is 5.32 Å². The predicted octanol–water partition coefficient (Wildman–Crippen LogP) is 3.31. The van der Waals surface area contributed by atoms with E-state index in [1.54, 1.807) is 0 Å². The zero-order valence-electron chi connectivity index (χ0n) is 16.9. The molecule has 1 N–H and O–H groups in total. The number of likely N-dealkylation sites (tertiary alicyclic amines) is 1. The minimum atomic E-state index is -0.568. The molecule has 0 radical (unpaired) electrons. The molecule has 0 saturated carbocycles. The molecule has 148 valence electrons. The standard InChI is InChI=1S/C23H29N3O2/c1-23(22(28)24-16-18-9-5-4-6-10-18)13-8-14-26(17-23)21(27)19-11-7-12-20(15-19)25(2)3/h4-7,9-12,15H,8,13-14,16-17H2,1-3H3,(H,24,28)/t23-/m0/s1. The van der Waals surface area contributed by atoms with Crippen LogP contribution in [-0.2, 0) is 11.3 Å². The number of anilines is 1. The maximum Gasteiger partial charge on any atom is 0.253 e. The lowest BCUT2D eigenvalue weighted by molar-refractivity contribution is -0.132. The number of nitrogens with one attached hydrogen (secondary N) is 1. The van der Waals surface area contributed by atoms with E-state index in [4.69, 9.17) is 0 Å². The van der Waals surface area contributed by atoms with Crippen molar-refractivity contribution >= 4 is 17.5 Å². The van der Waals surface area contributed by atoms with Gasteiger partial charge >= 0.3 is 0 Å². The molecule has 3 rings (SSSR count). The summed E-state index contributed by atoms with van der Waals surface area (Å²) in [5.74, 6) is 0.00128. The highest BCUT2D eigenvalue weighted by Crippen LogP contribution is 2.31. The molecule has 0 aliphatic carbocycles. The van der Waals surface area contributed by atoms with Gasteiger partial charge in [0.15, 0.2) is 0 Å². The van der Waals surface area contributed by atoms with Crippen molar-refractivity contribution in [3.8, 4) is 0 Å². The van der Waals surface area contributed by atoms with Gasteiger partial charge in [-0.15, -0.1) is 0 Å². The number of nitrogens with zero attached hydrogens (tertiary/aromatic N) is 2. The van der Waals surface area contributed by atoms with E-state index in [1.165, 1.54) is 0 Å². The van der Waals surface area contributed by atoms with E-state index in [9.17, 15) is 9.59 Å². The molecular weight excluding hydrogens is 350 g/mol. The topological polar surface area (TPSA) is 52.7 Å². The van der Waals surface area contributed by atoms with E-state index in [0.717, 1.165) is 24.1 Å². The molecule has 1 fully saturated rings. The van der Waals surface area contributed by atoms with Gasteiger partial charge in [-0.05, 0) is 43.5 Å². The smallest absolute Gasteiger partial charge is 0.253 e. The van der Waals surface area contributed by atoms with Crippen LogP contribution in [0.15, 0.2) is 54.6 Å². The lowest BCUT2D eigenvalue weighted by atomic mass is 9.80. The quantitative estimate of drug-likeness (QED) is 0.867. The monoisotopic (exact) mass is 379 g/mol. The summed E-state index contributed by atoms with van der Waals surface area (Å²) in [5.41, 5.74) is 2.16. The van der Waals surface area contributed by atoms with Crippen LogP contribution < -0.4 is 10.2 Å². The summed E-state index contributed by atoms with van der Waals surface area (Å²) >= 11 is 0. The summed E-state index contributed by atoms with van der Waals surface area (Å²) in [4.78, 5) is 29.7. The Morgan fingerprint density at radius 2 is 1.86 bits per heavy atom. The number of benzene rings is 2. The zero-order chi connectivity index (χ0) is 20.1. The molecule has 0 spiro atoms. The minimum Gasteiger partial charge on any atom is -0.378 e. The number of carbonyl (C=O) groups is 2. The van der Waals surface area contributed by atoms with Crippen molar-refractivity contribution in [2.45, 2.75) is 26.3 Å². The first-order valence-corrected chi connectivity index (χ1v) is 9.78. The Bertz CT molecular complexity index is 835. The third-order valence-electron chi connectivity index (χ3n) is 5.44. The fourth-order valence-corrected chi connectivity index (χ4v) is 3.69. The molecule has 2 amide bonds. The Morgan fingerprint density at radius 1 is 1.11 bits per heavy atom. The highest BCUT2D eigenvalue weighted by Gasteiger charge is 2.39. The SMILES string of the molecule is CN(C)c1cccc(C(=O)N2CCC[C@](C)(C(=O)NCc3ccccc3)C2)c1. The fourth-order valence-electron chi connectivity index (χ4n) is 3.69. The predicted molar refractivity (Wildman–Crippen MR) is 112 cm³/mol. The van der Waals surface area contributed by atoms with E-state index in [-0.39, 0.29) is 11.8 Å². The van der Waals surface area contributed by atoms with Crippen LogP contribution in [-0.4, -0.2) is 43.9 Å². The number of hydrogen-bond acceptors (Lipinski definition) is 3. The van der Waals surface area contributed by atoms with Gasteiger partial charge < -0.3 is 15.1 Å². The number of piperidine rings is 1. The normalized spacial score (nSPS) is 19.2.